The van der Waals surface area contributed by atoms with E-state index in [0.29, 0.717) is 11.4 Å². The zero-order valence-corrected chi connectivity index (χ0v) is 11.8. The van der Waals surface area contributed by atoms with Gasteiger partial charge in [0.05, 0.1) is 23.5 Å². The predicted octanol–water partition coefficient (Wildman–Crippen LogP) is 1.92. The third kappa shape index (κ3) is 3.14. The Bertz CT molecular complexity index is 656. The quantitative estimate of drug-likeness (QED) is 0.749. The van der Waals surface area contributed by atoms with Crippen LogP contribution >= 0.6 is 0 Å². The molecule has 2 aromatic rings. The van der Waals surface area contributed by atoms with E-state index in [-0.39, 0.29) is 24.5 Å². The van der Waals surface area contributed by atoms with Crippen molar-refractivity contribution in [3.05, 3.63) is 53.6 Å². The Morgan fingerprint density at radius 3 is 2.62 bits per heavy atom. The highest BCUT2D eigenvalue weighted by Crippen LogP contribution is 2.27. The predicted molar refractivity (Wildman–Crippen MR) is 82.5 cm³/mol. The van der Waals surface area contributed by atoms with E-state index in [4.69, 9.17) is 5.73 Å². The minimum absolute atomic E-state index is 0.0944. The van der Waals surface area contributed by atoms with Crippen LogP contribution in [0, 0.1) is 6.92 Å². The molecule has 0 saturated carbocycles. The smallest absolute Gasteiger partial charge is 0.262 e. The molecule has 0 aliphatic heterocycles. The van der Waals surface area contributed by atoms with Gasteiger partial charge in [-0.1, -0.05) is 23.8 Å². The number of aryl methyl sites for hydroxylation is 1. The lowest BCUT2D eigenvalue weighted by molar-refractivity contribution is 0.0978. The minimum atomic E-state index is -0.400. The number of nitrogens with two attached hydrogens (primary N) is 1. The van der Waals surface area contributed by atoms with Crippen molar-refractivity contribution in [3.8, 4) is 5.75 Å². The van der Waals surface area contributed by atoms with E-state index < -0.39 is 5.91 Å². The molecule has 5 heteroatoms. The van der Waals surface area contributed by atoms with Crippen LogP contribution in [0.25, 0.3) is 0 Å². The molecule has 0 heterocycles. The Labute approximate surface area is 123 Å². The number of aliphatic hydroxyl groups is 1. The summed E-state index contributed by atoms with van der Waals surface area (Å²) in [5.41, 5.74) is 7.89. The molecule has 4 N–H and O–H groups in total. The summed E-state index contributed by atoms with van der Waals surface area (Å²) < 4.78 is 0. The molecule has 2 aromatic carbocycles. The van der Waals surface area contributed by atoms with Crippen molar-refractivity contribution < 1.29 is 15.0 Å². The van der Waals surface area contributed by atoms with E-state index >= 15 is 0 Å². The average Bonchev–Trinajstić information content (AvgIpc) is 2.47. The zero-order chi connectivity index (χ0) is 15.4. The molecule has 0 bridgehead atoms. The monoisotopic (exact) mass is 286 g/mol. The molecule has 0 aliphatic rings. The van der Waals surface area contributed by atoms with Crippen LogP contribution < -0.4 is 10.6 Å². The molecule has 5 nitrogen and oxygen atoms in total. The van der Waals surface area contributed by atoms with Gasteiger partial charge in [-0.2, -0.15) is 0 Å². The third-order valence-corrected chi connectivity index (χ3v) is 3.18. The number of carbonyl (C=O) groups excluding carboxylic acids is 1. The molecular weight excluding hydrogens is 268 g/mol. The summed E-state index contributed by atoms with van der Waals surface area (Å²) in [5, 5.41) is 19.1. The van der Waals surface area contributed by atoms with Gasteiger partial charge < -0.3 is 20.8 Å². The van der Waals surface area contributed by atoms with Gasteiger partial charge in [-0.3, -0.25) is 4.79 Å². The van der Waals surface area contributed by atoms with Gasteiger partial charge >= 0.3 is 0 Å². The Balaban J connectivity index is 2.45. The molecule has 0 unspecified atom stereocenters. The van der Waals surface area contributed by atoms with E-state index in [0.717, 1.165) is 5.56 Å². The van der Waals surface area contributed by atoms with E-state index in [2.05, 4.69) is 0 Å². The summed E-state index contributed by atoms with van der Waals surface area (Å²) in [4.78, 5) is 14.0. The maximum Gasteiger partial charge on any atom is 0.262 e. The summed E-state index contributed by atoms with van der Waals surface area (Å²) >= 11 is 0. The van der Waals surface area contributed by atoms with Crippen LogP contribution in [0.1, 0.15) is 15.9 Å². The Morgan fingerprint density at radius 1 is 1.24 bits per heavy atom. The fourth-order valence-corrected chi connectivity index (χ4v) is 2.13. The van der Waals surface area contributed by atoms with Crippen molar-refractivity contribution in [2.45, 2.75) is 6.92 Å². The van der Waals surface area contributed by atoms with Gasteiger partial charge in [0.15, 0.2) is 0 Å². The molecule has 0 fully saturated rings. The minimum Gasteiger partial charge on any atom is -0.507 e. The van der Waals surface area contributed by atoms with Gasteiger partial charge in [-0.05, 0) is 31.2 Å². The highest BCUT2D eigenvalue weighted by molar-refractivity contribution is 6.09. The number of hydrogen-bond acceptors (Lipinski definition) is 4. The second-order valence-corrected chi connectivity index (χ2v) is 4.76. The van der Waals surface area contributed by atoms with Gasteiger partial charge in [0, 0.05) is 6.54 Å². The molecule has 0 aromatic heterocycles. The number of phenols is 1. The maximum absolute atomic E-state index is 12.7. The van der Waals surface area contributed by atoms with Gasteiger partial charge in [-0.15, -0.1) is 0 Å². The number of para-hydroxylation sites is 2. The van der Waals surface area contributed by atoms with E-state index in [9.17, 15) is 15.0 Å². The van der Waals surface area contributed by atoms with Crippen LogP contribution in [-0.4, -0.2) is 29.3 Å². The number of nitrogens with zero attached hydrogens (tertiary/aromatic N) is 1. The number of anilines is 2. The van der Waals surface area contributed by atoms with Crippen LogP contribution in [0.15, 0.2) is 42.5 Å². The molecule has 2 rings (SSSR count). The van der Waals surface area contributed by atoms with E-state index in [1.165, 1.54) is 11.0 Å². The lowest BCUT2D eigenvalue weighted by atomic mass is 10.1. The van der Waals surface area contributed by atoms with E-state index in [1.807, 2.05) is 6.92 Å². The van der Waals surface area contributed by atoms with Crippen molar-refractivity contribution >= 4 is 17.3 Å². The fourth-order valence-electron chi connectivity index (χ4n) is 2.13. The number of nitrogen functional groups attached to an aromatic ring is 1. The number of hydrogen-bond donors (Lipinski definition) is 3. The number of rotatable bonds is 4. The molecule has 21 heavy (non-hydrogen) atoms. The zero-order valence-electron chi connectivity index (χ0n) is 11.8. The van der Waals surface area contributed by atoms with Crippen LogP contribution in [0.2, 0.25) is 0 Å². The molecule has 0 atom stereocenters. The Kier molecular flexibility index (Phi) is 4.45. The largest absolute Gasteiger partial charge is 0.507 e. The maximum atomic E-state index is 12.7. The number of phenolic OH excluding ortho intramolecular Hbond substituents is 1. The van der Waals surface area contributed by atoms with Crippen molar-refractivity contribution in [2.24, 2.45) is 0 Å². The van der Waals surface area contributed by atoms with E-state index in [1.54, 1.807) is 36.4 Å². The first-order valence-electron chi connectivity index (χ1n) is 6.61. The fraction of sp³-hybridized carbons (Fsp3) is 0.188. The Morgan fingerprint density at radius 2 is 1.95 bits per heavy atom. The molecule has 1 amide bonds. The van der Waals surface area contributed by atoms with Gasteiger partial charge in [0.2, 0.25) is 0 Å². The van der Waals surface area contributed by atoms with Crippen molar-refractivity contribution in [2.75, 3.05) is 23.8 Å². The first kappa shape index (κ1) is 14.9. The van der Waals surface area contributed by atoms with Crippen LogP contribution in [-0.2, 0) is 0 Å². The SMILES string of the molecule is Cc1ccc(O)c(C(=O)N(CCO)c2ccccc2N)c1. The topological polar surface area (TPSA) is 86.8 Å². The van der Waals surface area contributed by atoms with Crippen LogP contribution in [0.5, 0.6) is 5.75 Å². The first-order valence-corrected chi connectivity index (χ1v) is 6.61. The number of carbonyl (C=O) groups is 1. The van der Waals surface area contributed by atoms with Crippen molar-refractivity contribution in [3.63, 3.8) is 0 Å². The molecule has 0 aliphatic carbocycles. The van der Waals surface area contributed by atoms with Crippen molar-refractivity contribution in [1.82, 2.24) is 0 Å². The van der Waals surface area contributed by atoms with Crippen molar-refractivity contribution in [1.29, 1.82) is 0 Å². The lowest BCUT2D eigenvalue weighted by Gasteiger charge is -2.24. The van der Waals surface area contributed by atoms with Gasteiger partial charge in [0.1, 0.15) is 5.75 Å². The summed E-state index contributed by atoms with van der Waals surface area (Å²) in [6.07, 6.45) is 0. The highest BCUT2D eigenvalue weighted by Gasteiger charge is 2.21. The second-order valence-electron chi connectivity index (χ2n) is 4.76. The number of aromatic hydroxyl groups is 1. The normalized spacial score (nSPS) is 10.4. The number of benzene rings is 2. The molecule has 110 valence electrons. The lowest BCUT2D eigenvalue weighted by Crippen LogP contribution is -2.34. The molecule has 0 radical (unpaired) electrons. The first-order chi connectivity index (χ1) is 10.0. The Hall–Kier alpha value is -2.53. The highest BCUT2D eigenvalue weighted by atomic mass is 16.3. The molecular formula is C16H18N2O3. The average molecular weight is 286 g/mol. The summed E-state index contributed by atoms with van der Waals surface area (Å²) in [7, 11) is 0. The molecule has 0 saturated heterocycles. The number of amides is 1. The third-order valence-electron chi connectivity index (χ3n) is 3.18. The standard InChI is InChI=1S/C16H18N2O3/c1-11-6-7-15(20)12(10-11)16(21)18(8-9-19)14-5-3-2-4-13(14)17/h2-7,10,19-20H,8-9,17H2,1H3. The summed E-state index contributed by atoms with van der Waals surface area (Å²) in [6.45, 7) is 1.73. The van der Waals surface area contributed by atoms with Gasteiger partial charge in [0.25, 0.3) is 5.91 Å². The second kappa shape index (κ2) is 6.28. The van der Waals surface area contributed by atoms with Gasteiger partial charge in [-0.25, -0.2) is 0 Å². The summed E-state index contributed by atoms with van der Waals surface area (Å²) in [6, 6.07) is 11.7. The summed E-state index contributed by atoms with van der Waals surface area (Å²) in [5.74, 6) is -0.494. The van der Waals surface area contributed by atoms with Crippen LogP contribution in [0.4, 0.5) is 11.4 Å². The number of aliphatic hydroxyl groups excluding tert-OH is 1. The molecule has 0 spiro atoms. The van der Waals surface area contributed by atoms with Crippen LogP contribution in [0.3, 0.4) is 0 Å².